The van der Waals surface area contributed by atoms with E-state index in [4.69, 9.17) is 0 Å². The molecule has 3 aromatic rings. The van der Waals surface area contributed by atoms with Crippen LogP contribution < -0.4 is 0 Å². The number of hydrogen-bond donors (Lipinski definition) is 0. The highest BCUT2D eigenvalue weighted by atomic mass is 32.2. The molecule has 0 saturated heterocycles. The number of benzene rings is 3. The zero-order valence-electron chi connectivity index (χ0n) is 12.3. The van der Waals surface area contributed by atoms with Crippen LogP contribution in [0.5, 0.6) is 0 Å². The van der Waals surface area contributed by atoms with Crippen LogP contribution in [0.1, 0.15) is 11.1 Å². The van der Waals surface area contributed by atoms with Crippen molar-refractivity contribution in [1.82, 2.24) is 0 Å². The Morgan fingerprint density at radius 1 is 0.500 bits per heavy atom. The first-order valence-corrected chi connectivity index (χ1v) is 9.31. The molecule has 3 aromatic carbocycles. The van der Waals surface area contributed by atoms with E-state index in [0.29, 0.717) is 0 Å². The number of hydrogen-bond acceptors (Lipinski definition) is 2. The molecule has 0 nitrogen and oxygen atoms in total. The summed E-state index contributed by atoms with van der Waals surface area (Å²) in [5, 5.41) is 0. The van der Waals surface area contributed by atoms with Crippen molar-refractivity contribution in [3.05, 3.63) is 96.1 Å². The van der Waals surface area contributed by atoms with Gasteiger partial charge >= 0.3 is 0 Å². The highest BCUT2D eigenvalue weighted by Crippen LogP contribution is 2.29. The molecule has 0 aromatic heterocycles. The molecule has 0 radical (unpaired) electrons. The smallest absolute Gasteiger partial charge is 0.0231 e. The van der Waals surface area contributed by atoms with E-state index in [1.165, 1.54) is 20.9 Å². The molecule has 0 bridgehead atoms. The van der Waals surface area contributed by atoms with Crippen LogP contribution in [-0.4, -0.2) is 0 Å². The third-order valence-electron chi connectivity index (χ3n) is 3.30. The molecule has 0 N–H and O–H groups in total. The Morgan fingerprint density at radius 3 is 1.41 bits per heavy atom. The minimum Gasteiger partial charge on any atom is -0.121 e. The molecule has 3 rings (SSSR count). The first kappa shape index (κ1) is 15.3. The highest BCUT2D eigenvalue weighted by molar-refractivity contribution is 7.99. The topological polar surface area (TPSA) is 0 Å². The molecule has 0 aliphatic heterocycles. The lowest BCUT2D eigenvalue weighted by Crippen LogP contribution is -1.82. The van der Waals surface area contributed by atoms with Gasteiger partial charge in [-0.15, -0.1) is 23.5 Å². The lowest BCUT2D eigenvalue weighted by molar-refractivity contribution is 1.30. The maximum absolute atomic E-state index is 2.29. The fraction of sp³-hybridized carbons (Fsp3) is 0.100. The molecule has 0 fully saturated rings. The third kappa shape index (κ3) is 4.69. The van der Waals surface area contributed by atoms with Gasteiger partial charge in [-0.3, -0.25) is 0 Å². The Labute approximate surface area is 141 Å². The van der Waals surface area contributed by atoms with Crippen molar-refractivity contribution in [2.75, 3.05) is 0 Å². The van der Waals surface area contributed by atoms with Crippen molar-refractivity contribution in [3.63, 3.8) is 0 Å². The van der Waals surface area contributed by atoms with Crippen molar-refractivity contribution >= 4 is 23.5 Å². The summed E-state index contributed by atoms with van der Waals surface area (Å²) in [7, 11) is 0. The van der Waals surface area contributed by atoms with Gasteiger partial charge in [0, 0.05) is 21.3 Å². The molecule has 0 atom stereocenters. The van der Waals surface area contributed by atoms with Crippen LogP contribution in [0.15, 0.2) is 94.7 Å². The monoisotopic (exact) mass is 322 g/mol. The largest absolute Gasteiger partial charge is 0.121 e. The van der Waals surface area contributed by atoms with Gasteiger partial charge in [0.05, 0.1) is 0 Å². The SMILES string of the molecule is c1ccc(CSc2cccc(SCc3ccccc3)c2)cc1. The fourth-order valence-corrected chi connectivity index (χ4v) is 4.03. The van der Waals surface area contributed by atoms with Crippen LogP contribution in [-0.2, 0) is 11.5 Å². The van der Waals surface area contributed by atoms with E-state index in [2.05, 4.69) is 84.9 Å². The molecular weight excluding hydrogens is 304 g/mol. The first-order valence-electron chi connectivity index (χ1n) is 7.34. The van der Waals surface area contributed by atoms with Gasteiger partial charge in [0.15, 0.2) is 0 Å². The summed E-state index contributed by atoms with van der Waals surface area (Å²) in [6.45, 7) is 0. The van der Waals surface area contributed by atoms with Crippen LogP contribution in [0.2, 0.25) is 0 Å². The molecule has 110 valence electrons. The molecule has 0 saturated carbocycles. The second kappa shape index (κ2) is 8.11. The summed E-state index contributed by atoms with van der Waals surface area (Å²) < 4.78 is 0. The Hall–Kier alpha value is -1.64. The minimum atomic E-state index is 1.02. The molecule has 0 amide bonds. The minimum absolute atomic E-state index is 1.02. The molecule has 2 heteroatoms. The normalized spacial score (nSPS) is 10.5. The lowest BCUT2D eigenvalue weighted by Gasteiger charge is -2.06. The van der Waals surface area contributed by atoms with Crippen molar-refractivity contribution in [3.8, 4) is 0 Å². The van der Waals surface area contributed by atoms with Crippen LogP contribution in [0.25, 0.3) is 0 Å². The molecule has 0 aliphatic rings. The van der Waals surface area contributed by atoms with Gasteiger partial charge in [0.25, 0.3) is 0 Å². The summed E-state index contributed by atoms with van der Waals surface area (Å²) >= 11 is 3.79. The standard InChI is InChI=1S/C20H18S2/c1-3-8-17(9-4-1)15-21-19-12-7-13-20(14-19)22-16-18-10-5-2-6-11-18/h1-14H,15-16H2. The highest BCUT2D eigenvalue weighted by Gasteiger charge is 2.00. The molecule has 22 heavy (non-hydrogen) atoms. The molecule has 0 heterocycles. The van der Waals surface area contributed by atoms with Gasteiger partial charge in [-0.2, -0.15) is 0 Å². The van der Waals surface area contributed by atoms with E-state index in [0.717, 1.165) is 11.5 Å². The van der Waals surface area contributed by atoms with Crippen molar-refractivity contribution < 1.29 is 0 Å². The van der Waals surface area contributed by atoms with E-state index in [1.54, 1.807) is 0 Å². The van der Waals surface area contributed by atoms with Gasteiger partial charge in [-0.1, -0.05) is 66.7 Å². The zero-order valence-corrected chi connectivity index (χ0v) is 13.9. The van der Waals surface area contributed by atoms with E-state index in [-0.39, 0.29) is 0 Å². The predicted molar refractivity (Wildman–Crippen MR) is 98.4 cm³/mol. The van der Waals surface area contributed by atoms with Gasteiger partial charge in [-0.25, -0.2) is 0 Å². The summed E-state index contributed by atoms with van der Waals surface area (Å²) in [6, 6.07) is 30.1. The summed E-state index contributed by atoms with van der Waals surface area (Å²) in [5.41, 5.74) is 2.74. The summed E-state index contributed by atoms with van der Waals surface area (Å²) in [4.78, 5) is 2.67. The van der Waals surface area contributed by atoms with Crippen LogP contribution in [0, 0.1) is 0 Å². The van der Waals surface area contributed by atoms with Gasteiger partial charge in [0.1, 0.15) is 0 Å². The van der Waals surface area contributed by atoms with E-state index in [1.807, 2.05) is 23.5 Å². The van der Waals surface area contributed by atoms with Crippen molar-refractivity contribution in [1.29, 1.82) is 0 Å². The van der Waals surface area contributed by atoms with Crippen LogP contribution in [0.4, 0.5) is 0 Å². The van der Waals surface area contributed by atoms with E-state index >= 15 is 0 Å². The number of rotatable bonds is 6. The van der Waals surface area contributed by atoms with E-state index in [9.17, 15) is 0 Å². The molecule has 0 aliphatic carbocycles. The third-order valence-corrected chi connectivity index (χ3v) is 5.43. The predicted octanol–water partition coefficient (Wildman–Crippen LogP) is 6.27. The Balaban J connectivity index is 1.58. The number of thioether (sulfide) groups is 2. The average Bonchev–Trinajstić information content (AvgIpc) is 2.60. The molecule has 0 unspecified atom stereocenters. The second-order valence-electron chi connectivity index (χ2n) is 5.02. The summed E-state index contributed by atoms with van der Waals surface area (Å²) in [5.74, 6) is 2.04. The Kier molecular flexibility index (Phi) is 5.63. The Bertz CT molecular complexity index is 634. The van der Waals surface area contributed by atoms with Gasteiger partial charge in [-0.05, 0) is 29.3 Å². The second-order valence-corrected chi connectivity index (χ2v) is 7.12. The van der Waals surface area contributed by atoms with Crippen molar-refractivity contribution in [2.24, 2.45) is 0 Å². The maximum atomic E-state index is 2.29. The molecule has 0 spiro atoms. The average molecular weight is 322 g/mol. The van der Waals surface area contributed by atoms with E-state index < -0.39 is 0 Å². The fourth-order valence-electron chi connectivity index (χ4n) is 2.14. The quantitative estimate of drug-likeness (QED) is 0.490. The zero-order chi connectivity index (χ0) is 15.0. The first-order chi connectivity index (χ1) is 10.9. The van der Waals surface area contributed by atoms with Crippen LogP contribution >= 0.6 is 23.5 Å². The van der Waals surface area contributed by atoms with Gasteiger partial charge < -0.3 is 0 Å². The summed E-state index contributed by atoms with van der Waals surface area (Å²) in [6.07, 6.45) is 0. The van der Waals surface area contributed by atoms with Gasteiger partial charge in [0.2, 0.25) is 0 Å². The van der Waals surface area contributed by atoms with Crippen LogP contribution in [0.3, 0.4) is 0 Å². The Morgan fingerprint density at radius 2 is 0.955 bits per heavy atom. The lowest BCUT2D eigenvalue weighted by atomic mass is 10.2. The maximum Gasteiger partial charge on any atom is 0.0231 e. The van der Waals surface area contributed by atoms with Crippen molar-refractivity contribution in [2.45, 2.75) is 21.3 Å². The molecular formula is C20H18S2.